The largest absolute Gasteiger partial charge is 0.522 e. The summed E-state index contributed by atoms with van der Waals surface area (Å²) < 4.78 is 67.0. The first-order valence-corrected chi connectivity index (χ1v) is 8.53. The van der Waals surface area contributed by atoms with Crippen LogP contribution in [0.25, 0.3) is 0 Å². The number of nitrogens with zero attached hydrogens (tertiary/aromatic N) is 3. The molecule has 10 heteroatoms. The summed E-state index contributed by atoms with van der Waals surface area (Å²) in [6, 6.07) is 1.71. The Morgan fingerprint density at radius 2 is 1.95 bits per heavy atom. The number of hydrogen-bond acceptors (Lipinski definition) is 4. The fourth-order valence-corrected chi connectivity index (χ4v) is 3.78. The van der Waals surface area contributed by atoms with Crippen molar-refractivity contribution in [2.24, 2.45) is 5.92 Å². The molecular weight excluding hydrogens is 323 g/mol. The number of rotatable bonds is 6. The smallest absolute Gasteiger partial charge is 0.292 e. The van der Waals surface area contributed by atoms with Crippen molar-refractivity contribution >= 4 is 10.0 Å². The molecule has 2 rings (SSSR count). The van der Waals surface area contributed by atoms with Crippen molar-refractivity contribution < 1.29 is 26.3 Å². The predicted octanol–water partition coefficient (Wildman–Crippen LogP) is 1.46. The van der Waals surface area contributed by atoms with E-state index in [-0.39, 0.29) is 31.3 Å². The summed E-state index contributed by atoms with van der Waals surface area (Å²) in [4.78, 5) is 0. The number of aromatic nitrogens is 2. The van der Waals surface area contributed by atoms with Crippen LogP contribution in [-0.4, -0.2) is 54.3 Å². The first-order chi connectivity index (χ1) is 10.3. The van der Waals surface area contributed by atoms with Gasteiger partial charge in [-0.05, 0) is 24.8 Å². The van der Waals surface area contributed by atoms with Gasteiger partial charge in [0.05, 0.1) is 18.9 Å². The molecule has 0 spiro atoms. The summed E-state index contributed by atoms with van der Waals surface area (Å²) in [5.41, 5.74) is 0. The lowest BCUT2D eigenvalue weighted by Gasteiger charge is -2.31. The zero-order chi connectivity index (χ0) is 16.2. The Labute approximate surface area is 126 Å². The highest BCUT2D eigenvalue weighted by atomic mass is 32.2. The van der Waals surface area contributed by atoms with Crippen LogP contribution in [0.1, 0.15) is 12.8 Å². The van der Waals surface area contributed by atoms with Gasteiger partial charge in [-0.3, -0.25) is 9.42 Å². The first-order valence-electron chi connectivity index (χ1n) is 6.92. The first kappa shape index (κ1) is 17.2. The summed E-state index contributed by atoms with van der Waals surface area (Å²) in [5.74, 6) is -0.336. The number of hydrogen-bond donors (Lipinski definition) is 0. The van der Waals surface area contributed by atoms with Crippen molar-refractivity contribution in [1.29, 1.82) is 0 Å². The molecule has 0 aromatic carbocycles. The van der Waals surface area contributed by atoms with Crippen LogP contribution in [0.4, 0.5) is 13.2 Å². The molecule has 0 atom stereocenters. The van der Waals surface area contributed by atoms with E-state index in [4.69, 9.17) is 0 Å². The van der Waals surface area contributed by atoms with Gasteiger partial charge in [-0.2, -0.15) is 5.10 Å². The number of piperidine rings is 1. The second-order valence-electron chi connectivity index (χ2n) is 5.18. The lowest BCUT2D eigenvalue weighted by molar-refractivity contribution is -0.329. The van der Waals surface area contributed by atoms with E-state index in [1.54, 1.807) is 18.5 Å². The number of alkyl halides is 3. The minimum absolute atomic E-state index is 0.0710. The molecular formula is C12H18F3N3O3S. The maximum atomic E-state index is 12.2. The molecule has 1 aliphatic heterocycles. The summed E-state index contributed by atoms with van der Waals surface area (Å²) in [6.45, 7) is 0.303. The molecule has 1 fully saturated rings. The Morgan fingerprint density at radius 3 is 2.50 bits per heavy atom. The van der Waals surface area contributed by atoms with E-state index in [1.807, 2.05) is 0 Å². The van der Waals surface area contributed by atoms with E-state index in [0.29, 0.717) is 12.8 Å². The highest BCUT2D eigenvalue weighted by Crippen LogP contribution is 2.24. The van der Waals surface area contributed by atoms with Gasteiger partial charge in [0.2, 0.25) is 10.0 Å². The Morgan fingerprint density at radius 1 is 1.27 bits per heavy atom. The topological polar surface area (TPSA) is 64.4 Å². The average molecular weight is 341 g/mol. The molecule has 2 heterocycles. The van der Waals surface area contributed by atoms with Crippen LogP contribution in [0.15, 0.2) is 18.5 Å². The van der Waals surface area contributed by atoms with Crippen LogP contribution in [0.5, 0.6) is 0 Å². The van der Waals surface area contributed by atoms with Crippen molar-refractivity contribution in [2.75, 3.05) is 25.4 Å². The monoisotopic (exact) mass is 341 g/mol. The fraction of sp³-hybridized carbons (Fsp3) is 0.750. The summed E-state index contributed by atoms with van der Waals surface area (Å²) >= 11 is 0. The minimum Gasteiger partial charge on any atom is -0.292 e. The van der Waals surface area contributed by atoms with Gasteiger partial charge in [0, 0.05) is 25.5 Å². The molecule has 1 aromatic rings. The lowest BCUT2D eigenvalue weighted by atomic mass is 9.99. The highest BCUT2D eigenvalue weighted by molar-refractivity contribution is 7.89. The van der Waals surface area contributed by atoms with Gasteiger partial charge >= 0.3 is 6.36 Å². The summed E-state index contributed by atoms with van der Waals surface area (Å²) in [5, 5.41) is 3.93. The molecule has 0 aliphatic carbocycles. The van der Waals surface area contributed by atoms with Gasteiger partial charge in [0.1, 0.15) is 0 Å². The van der Waals surface area contributed by atoms with Crippen LogP contribution in [0, 0.1) is 5.92 Å². The second kappa shape index (κ2) is 6.97. The van der Waals surface area contributed by atoms with Crippen LogP contribution >= 0.6 is 0 Å². The Bertz CT molecular complexity index is 552. The van der Waals surface area contributed by atoms with Crippen molar-refractivity contribution in [3.05, 3.63) is 18.5 Å². The van der Waals surface area contributed by atoms with E-state index in [9.17, 15) is 21.6 Å². The van der Waals surface area contributed by atoms with Crippen molar-refractivity contribution in [1.82, 2.24) is 14.1 Å². The van der Waals surface area contributed by atoms with Gasteiger partial charge < -0.3 is 0 Å². The molecule has 6 nitrogen and oxygen atoms in total. The molecule has 0 N–H and O–H groups in total. The molecule has 126 valence electrons. The normalized spacial score (nSPS) is 18.7. The van der Waals surface area contributed by atoms with Crippen LogP contribution in [0.3, 0.4) is 0 Å². The minimum atomic E-state index is -4.63. The quantitative estimate of drug-likeness (QED) is 0.786. The van der Waals surface area contributed by atoms with Crippen molar-refractivity contribution in [2.45, 2.75) is 25.7 Å². The molecule has 22 heavy (non-hydrogen) atoms. The fourth-order valence-electron chi connectivity index (χ4n) is 2.34. The van der Waals surface area contributed by atoms with Gasteiger partial charge in [0.25, 0.3) is 0 Å². The lowest BCUT2D eigenvalue weighted by Crippen LogP contribution is -2.41. The van der Waals surface area contributed by atoms with E-state index >= 15 is 0 Å². The molecule has 1 aromatic heterocycles. The maximum absolute atomic E-state index is 12.2. The van der Waals surface area contributed by atoms with Gasteiger partial charge in [0.15, 0.2) is 0 Å². The standard InChI is InChI=1S/C12H18F3N3O3S/c13-12(14,15)21-10-11-2-6-18(7-3-11)22(19,20)9-8-17-5-1-4-16-17/h1,4-5,11H,2-3,6-10H2. The van der Waals surface area contributed by atoms with E-state index in [0.717, 1.165) is 0 Å². The zero-order valence-corrected chi connectivity index (χ0v) is 12.7. The number of halogens is 3. The van der Waals surface area contributed by atoms with E-state index in [2.05, 4.69) is 9.84 Å². The molecule has 1 aliphatic rings. The summed E-state index contributed by atoms with van der Waals surface area (Å²) in [7, 11) is -3.42. The summed E-state index contributed by atoms with van der Waals surface area (Å²) in [6.07, 6.45) is -0.643. The number of sulfonamides is 1. The van der Waals surface area contributed by atoms with Crippen LogP contribution < -0.4 is 0 Å². The van der Waals surface area contributed by atoms with Crippen molar-refractivity contribution in [3.63, 3.8) is 0 Å². The third kappa shape index (κ3) is 5.25. The van der Waals surface area contributed by atoms with E-state index in [1.165, 1.54) is 8.99 Å². The third-order valence-corrected chi connectivity index (χ3v) is 5.44. The van der Waals surface area contributed by atoms with Crippen LogP contribution in [-0.2, 0) is 21.3 Å². The highest BCUT2D eigenvalue weighted by Gasteiger charge is 2.33. The Kier molecular flexibility index (Phi) is 5.45. The number of aryl methyl sites for hydroxylation is 1. The Balaban J connectivity index is 1.77. The van der Waals surface area contributed by atoms with E-state index < -0.39 is 23.0 Å². The molecule has 0 radical (unpaired) electrons. The maximum Gasteiger partial charge on any atom is 0.522 e. The molecule has 0 amide bonds. The second-order valence-corrected chi connectivity index (χ2v) is 7.27. The SMILES string of the molecule is O=S(=O)(CCn1cccn1)N1CCC(COC(F)(F)F)CC1. The predicted molar refractivity (Wildman–Crippen MR) is 72.3 cm³/mol. The Hall–Kier alpha value is -1.13. The van der Waals surface area contributed by atoms with Crippen LogP contribution in [0.2, 0.25) is 0 Å². The average Bonchev–Trinajstić information content (AvgIpc) is 2.96. The molecule has 0 saturated carbocycles. The third-order valence-electron chi connectivity index (χ3n) is 3.59. The van der Waals surface area contributed by atoms with Crippen molar-refractivity contribution in [3.8, 4) is 0 Å². The van der Waals surface area contributed by atoms with Gasteiger partial charge in [-0.25, -0.2) is 12.7 Å². The molecule has 1 saturated heterocycles. The number of ether oxygens (including phenoxy) is 1. The van der Waals surface area contributed by atoms with Gasteiger partial charge in [-0.1, -0.05) is 0 Å². The molecule has 0 unspecified atom stereocenters. The van der Waals surface area contributed by atoms with Gasteiger partial charge in [-0.15, -0.1) is 13.2 Å². The molecule has 0 bridgehead atoms. The zero-order valence-electron chi connectivity index (χ0n) is 11.9.